The van der Waals surface area contributed by atoms with Crippen molar-refractivity contribution < 1.29 is 4.84 Å². The van der Waals surface area contributed by atoms with Crippen molar-refractivity contribution in [3.63, 3.8) is 0 Å². The van der Waals surface area contributed by atoms with E-state index < -0.39 is 0 Å². The van der Waals surface area contributed by atoms with Crippen molar-refractivity contribution in [2.24, 2.45) is 5.16 Å². The number of hydrogen-bond acceptors (Lipinski definition) is 2. The zero-order chi connectivity index (χ0) is 5.54. The van der Waals surface area contributed by atoms with Crippen LogP contribution in [0, 0.1) is 0 Å². The third-order valence-corrected chi connectivity index (χ3v) is 0.370. The van der Waals surface area contributed by atoms with Crippen molar-refractivity contribution in [2.45, 2.75) is 6.92 Å². The Morgan fingerprint density at radius 3 is 3.00 bits per heavy atom. The number of allylic oxidation sites excluding steroid dienone is 1. The first-order valence-corrected chi connectivity index (χ1v) is 2.18. The summed E-state index contributed by atoms with van der Waals surface area (Å²) in [7, 11) is 0. The van der Waals surface area contributed by atoms with Crippen LogP contribution >= 0.6 is 0 Å². The van der Waals surface area contributed by atoms with E-state index in [0.29, 0.717) is 6.61 Å². The van der Waals surface area contributed by atoms with Crippen LogP contribution in [-0.2, 0) is 4.84 Å². The Balaban J connectivity index is 2.92. The topological polar surface area (TPSA) is 21.6 Å². The summed E-state index contributed by atoms with van der Waals surface area (Å²) >= 11 is 0. The first kappa shape index (κ1) is 6.21. The Morgan fingerprint density at radius 2 is 2.57 bits per heavy atom. The van der Waals surface area contributed by atoms with Gasteiger partial charge in [-0.2, -0.15) is 0 Å². The highest BCUT2D eigenvalue weighted by Gasteiger charge is 1.62. The highest BCUT2D eigenvalue weighted by atomic mass is 16.6. The monoisotopic (exact) mass is 99.1 g/mol. The second-order valence-corrected chi connectivity index (χ2v) is 0.908. The first-order valence-electron chi connectivity index (χ1n) is 2.18. The molecule has 2 nitrogen and oxygen atoms in total. The molecule has 0 spiro atoms. The lowest BCUT2D eigenvalue weighted by atomic mass is 10.7. The van der Waals surface area contributed by atoms with Crippen molar-refractivity contribution >= 4 is 6.21 Å². The molecule has 40 valence electrons. The smallest absolute Gasteiger partial charge is 0.114 e. The van der Waals surface area contributed by atoms with Crippen LogP contribution in [0.2, 0.25) is 0 Å². The predicted octanol–water partition coefficient (Wildman–Crippen LogP) is 1.19. The summed E-state index contributed by atoms with van der Waals surface area (Å²) in [4.78, 5) is 4.57. The van der Waals surface area contributed by atoms with Crippen molar-refractivity contribution in [3.05, 3.63) is 12.7 Å². The Labute approximate surface area is 43.5 Å². The van der Waals surface area contributed by atoms with E-state index in [1.165, 1.54) is 6.21 Å². The van der Waals surface area contributed by atoms with Gasteiger partial charge in [-0.05, 0) is 13.0 Å². The van der Waals surface area contributed by atoms with Crippen LogP contribution < -0.4 is 0 Å². The van der Waals surface area contributed by atoms with E-state index in [-0.39, 0.29) is 0 Å². The summed E-state index contributed by atoms with van der Waals surface area (Å²) in [5.41, 5.74) is 0. The molecule has 0 rings (SSSR count). The molecule has 0 aromatic carbocycles. The van der Waals surface area contributed by atoms with Crippen LogP contribution in [0.3, 0.4) is 0 Å². The van der Waals surface area contributed by atoms with E-state index in [1.807, 2.05) is 6.92 Å². The Morgan fingerprint density at radius 1 is 1.86 bits per heavy atom. The van der Waals surface area contributed by atoms with Crippen LogP contribution in [-0.4, -0.2) is 12.8 Å². The van der Waals surface area contributed by atoms with Gasteiger partial charge in [-0.25, -0.2) is 0 Å². The van der Waals surface area contributed by atoms with Gasteiger partial charge in [0.25, 0.3) is 0 Å². The summed E-state index contributed by atoms with van der Waals surface area (Å²) < 4.78 is 0. The Hall–Kier alpha value is -0.790. The number of oxime groups is 1. The molecular formula is C5H9NO. The van der Waals surface area contributed by atoms with Crippen molar-refractivity contribution in [2.75, 3.05) is 6.61 Å². The number of hydrogen-bond donors (Lipinski definition) is 0. The first-order chi connectivity index (χ1) is 3.41. The Bertz CT molecular complexity index is 68.5. The van der Waals surface area contributed by atoms with Crippen LogP contribution in [0.1, 0.15) is 6.92 Å². The lowest BCUT2D eigenvalue weighted by Gasteiger charge is -1.85. The van der Waals surface area contributed by atoms with Crippen LogP contribution in [0.5, 0.6) is 0 Å². The molecule has 0 aliphatic heterocycles. The van der Waals surface area contributed by atoms with E-state index in [0.717, 1.165) is 0 Å². The fraction of sp³-hybridized carbons (Fsp3) is 0.400. The second kappa shape index (κ2) is 5.21. The van der Waals surface area contributed by atoms with E-state index in [1.54, 1.807) is 6.08 Å². The van der Waals surface area contributed by atoms with Gasteiger partial charge in [0.1, 0.15) is 6.61 Å². The van der Waals surface area contributed by atoms with Crippen molar-refractivity contribution in [1.29, 1.82) is 0 Å². The molecular weight excluding hydrogens is 90.1 g/mol. The maximum Gasteiger partial charge on any atom is 0.114 e. The zero-order valence-electron chi connectivity index (χ0n) is 4.42. The normalized spacial score (nSPS) is 9.29. The minimum atomic E-state index is 0.615. The highest BCUT2D eigenvalue weighted by Crippen LogP contribution is 1.69. The molecule has 0 saturated heterocycles. The fourth-order valence-electron chi connectivity index (χ4n) is 0.161. The molecule has 0 unspecified atom stereocenters. The molecule has 2 heteroatoms. The van der Waals surface area contributed by atoms with Gasteiger partial charge in [0.2, 0.25) is 0 Å². The van der Waals surface area contributed by atoms with E-state index in [9.17, 15) is 0 Å². The van der Waals surface area contributed by atoms with Crippen molar-refractivity contribution in [3.8, 4) is 0 Å². The summed E-state index contributed by atoms with van der Waals surface area (Å²) in [6, 6.07) is 0. The van der Waals surface area contributed by atoms with Gasteiger partial charge >= 0.3 is 0 Å². The van der Waals surface area contributed by atoms with E-state index in [4.69, 9.17) is 0 Å². The molecule has 0 aliphatic carbocycles. The van der Waals surface area contributed by atoms with Crippen molar-refractivity contribution in [1.82, 2.24) is 0 Å². The molecule has 0 radical (unpaired) electrons. The standard InChI is InChI=1S/C5H9NO/c1-3-5-6-7-4-2/h3,5H,1,4H2,2H3/b6-5-. The SMILES string of the molecule is C=C/C=N\OCC. The van der Waals surface area contributed by atoms with Gasteiger partial charge in [-0.15, -0.1) is 0 Å². The number of nitrogens with zero attached hydrogens (tertiary/aromatic N) is 1. The molecule has 0 aromatic heterocycles. The van der Waals surface area contributed by atoms with Crippen LogP contribution in [0.4, 0.5) is 0 Å². The summed E-state index contributed by atoms with van der Waals surface area (Å²) in [6.07, 6.45) is 3.07. The lowest BCUT2D eigenvalue weighted by Crippen LogP contribution is -1.76. The average Bonchev–Trinajstić information content (AvgIpc) is 1.69. The maximum atomic E-state index is 4.57. The van der Waals surface area contributed by atoms with Gasteiger partial charge < -0.3 is 4.84 Å². The highest BCUT2D eigenvalue weighted by molar-refractivity contribution is 5.69. The summed E-state index contributed by atoms with van der Waals surface area (Å²) in [6.45, 7) is 5.89. The lowest BCUT2D eigenvalue weighted by molar-refractivity contribution is 0.160. The van der Waals surface area contributed by atoms with Gasteiger partial charge in [-0.1, -0.05) is 11.7 Å². The molecule has 7 heavy (non-hydrogen) atoms. The van der Waals surface area contributed by atoms with Gasteiger partial charge in [-0.3, -0.25) is 0 Å². The van der Waals surface area contributed by atoms with Crippen LogP contribution in [0.25, 0.3) is 0 Å². The predicted molar refractivity (Wildman–Crippen MR) is 30.3 cm³/mol. The molecule has 0 heterocycles. The van der Waals surface area contributed by atoms with Gasteiger partial charge in [0.05, 0.1) is 6.21 Å². The zero-order valence-corrected chi connectivity index (χ0v) is 4.42. The second-order valence-electron chi connectivity index (χ2n) is 0.908. The molecule has 0 bridgehead atoms. The molecule has 0 N–H and O–H groups in total. The molecule has 0 saturated carbocycles. The van der Waals surface area contributed by atoms with E-state index >= 15 is 0 Å². The largest absolute Gasteiger partial charge is 0.396 e. The maximum absolute atomic E-state index is 4.57. The molecule has 0 amide bonds. The quantitative estimate of drug-likeness (QED) is 0.384. The minimum Gasteiger partial charge on any atom is -0.396 e. The number of rotatable bonds is 3. The molecule has 0 atom stereocenters. The third-order valence-electron chi connectivity index (χ3n) is 0.370. The summed E-state index contributed by atoms with van der Waals surface area (Å²) in [5, 5.41) is 3.47. The summed E-state index contributed by atoms with van der Waals surface area (Å²) in [5.74, 6) is 0. The fourth-order valence-corrected chi connectivity index (χ4v) is 0.161. The van der Waals surface area contributed by atoms with Gasteiger partial charge in [0.15, 0.2) is 0 Å². The molecule has 0 aromatic rings. The minimum absolute atomic E-state index is 0.615. The van der Waals surface area contributed by atoms with Crippen LogP contribution in [0.15, 0.2) is 17.8 Å². The average molecular weight is 99.1 g/mol. The molecule has 0 aliphatic rings. The Kier molecular flexibility index (Phi) is 4.62. The third kappa shape index (κ3) is 5.21. The van der Waals surface area contributed by atoms with E-state index in [2.05, 4.69) is 16.6 Å². The van der Waals surface area contributed by atoms with Gasteiger partial charge in [0, 0.05) is 0 Å². The molecule has 0 fully saturated rings.